The molecule has 8 aromatic heterocycles. The van der Waals surface area contributed by atoms with Gasteiger partial charge in [-0.25, -0.2) is 28.4 Å². The Labute approximate surface area is 453 Å². The monoisotopic (exact) mass is 1130 g/mol. The molecule has 17 nitrogen and oxygen atoms in total. The first-order chi connectivity index (χ1) is 37.1. The van der Waals surface area contributed by atoms with Gasteiger partial charge in [-0.15, -0.1) is 0 Å². The van der Waals surface area contributed by atoms with Crippen LogP contribution in [0.1, 0.15) is 51.7 Å². The molecule has 10 rings (SSSR count). The number of hydrogen-bond acceptors (Lipinski definition) is 12. The Balaban J connectivity index is 0.000000242. The van der Waals surface area contributed by atoms with Crippen molar-refractivity contribution in [1.29, 1.82) is 0 Å². The summed E-state index contributed by atoms with van der Waals surface area (Å²) in [5.41, 5.74) is 13.9. The highest BCUT2D eigenvalue weighted by atomic mass is 79.9. The normalized spacial score (nSPS) is 10.3. The third-order valence-corrected chi connectivity index (χ3v) is 13.5. The van der Waals surface area contributed by atoms with E-state index in [1.54, 1.807) is 30.5 Å². The van der Waals surface area contributed by atoms with E-state index in [-0.39, 0.29) is 30.1 Å². The summed E-state index contributed by atoms with van der Waals surface area (Å²) in [5, 5.41) is 12.0. The predicted octanol–water partition coefficient (Wildman–Crippen LogP) is 11.9. The number of ether oxygens (including phenoxy) is 1. The highest BCUT2D eigenvalue weighted by Gasteiger charge is 2.17. The summed E-state index contributed by atoms with van der Waals surface area (Å²) < 4.78 is 41.8. The van der Waals surface area contributed by atoms with Gasteiger partial charge in [-0.1, -0.05) is 54.3 Å². The summed E-state index contributed by atoms with van der Waals surface area (Å²) in [6, 6.07) is 26.1. The first-order valence-electron chi connectivity index (χ1n) is 24.4. The molecule has 0 saturated carbocycles. The number of hydrogen-bond donors (Lipinski definition) is 1. The van der Waals surface area contributed by atoms with Crippen molar-refractivity contribution in [3.63, 3.8) is 0 Å². The van der Waals surface area contributed by atoms with Crippen LogP contribution in [0.5, 0.6) is 0 Å². The van der Waals surface area contributed by atoms with E-state index in [4.69, 9.17) is 38.6 Å². The standard InChI is InChI=1S/C24H29FN4OSi.C18H15FN4.C9H9BrN2.C2H6.3CO2/c1-5-21-14-26-23-11-8-19(15-29(21)23)22-16-28(17-30-12-13-31(2,3)4)27-24(22)18-6-9-20(25)10-7-18;1-2-15-9-20-17-8-5-13(11-23(15)17)16-10-21-22-18(16)12-3-6-14(19)7-4-12;1-2-8-5-11-9-4-3-7(10)6-12(8)9;1-2;3*2-1-3/h6-11,14-16H,5,12-13,17H2,1-4H3;3-11H,2H2,1H3,(H,21,22);3-6H,2H2,1H3;1-2H3;;;. The molecule has 8 heterocycles. The molecule has 21 heteroatoms. The first-order valence-corrected chi connectivity index (χ1v) is 28.9. The molecule has 0 bridgehead atoms. The molecule has 0 aliphatic heterocycles. The summed E-state index contributed by atoms with van der Waals surface area (Å²) in [6.45, 7) is 18.5. The summed E-state index contributed by atoms with van der Waals surface area (Å²) in [6.07, 6.45) is 19.3. The van der Waals surface area contributed by atoms with Gasteiger partial charge >= 0.3 is 18.5 Å². The van der Waals surface area contributed by atoms with Gasteiger partial charge in [0.2, 0.25) is 0 Å². The zero-order valence-corrected chi connectivity index (χ0v) is 46.5. The van der Waals surface area contributed by atoms with E-state index in [0.717, 1.165) is 109 Å². The molecule has 0 atom stereocenters. The second kappa shape index (κ2) is 30.8. The second-order valence-electron chi connectivity index (χ2n) is 17.4. The molecule has 1 N–H and O–H groups in total. The molecule has 0 aliphatic rings. The largest absolute Gasteiger partial charge is 0.373 e. The number of imidazole rings is 3. The van der Waals surface area contributed by atoms with E-state index in [1.165, 1.54) is 30.0 Å². The maximum Gasteiger partial charge on any atom is 0.373 e. The predicted molar refractivity (Wildman–Crippen MR) is 291 cm³/mol. The quantitative estimate of drug-likeness (QED) is 0.0894. The van der Waals surface area contributed by atoms with Crippen molar-refractivity contribution < 1.29 is 42.3 Å². The number of H-pyrrole nitrogens is 1. The van der Waals surface area contributed by atoms with E-state index in [2.05, 4.69) is 113 Å². The van der Waals surface area contributed by atoms with Gasteiger partial charge in [0, 0.05) is 113 Å². The van der Waals surface area contributed by atoms with Crippen LogP contribution in [0, 0.1) is 11.6 Å². The number of aromatic nitrogens is 10. The fourth-order valence-electron chi connectivity index (χ4n) is 7.57. The van der Waals surface area contributed by atoms with Crippen LogP contribution in [0.15, 0.2) is 139 Å². The summed E-state index contributed by atoms with van der Waals surface area (Å²) >= 11 is 3.43. The minimum atomic E-state index is -1.14. The molecule has 77 heavy (non-hydrogen) atoms. The van der Waals surface area contributed by atoms with Crippen LogP contribution in [0.2, 0.25) is 25.7 Å². The molecule has 0 unspecified atom stereocenters. The highest BCUT2D eigenvalue weighted by molar-refractivity contribution is 9.10. The van der Waals surface area contributed by atoms with E-state index < -0.39 is 8.07 Å². The highest BCUT2D eigenvalue weighted by Crippen LogP contribution is 2.33. The van der Waals surface area contributed by atoms with Crippen LogP contribution >= 0.6 is 15.9 Å². The lowest BCUT2D eigenvalue weighted by atomic mass is 10.0. The number of aryl methyl sites for hydroxylation is 3. The molecule has 0 saturated heterocycles. The number of nitrogens with one attached hydrogen (secondary N) is 1. The topological polar surface area (TPSA) is 210 Å². The zero-order valence-electron chi connectivity index (χ0n) is 44.0. The lowest BCUT2D eigenvalue weighted by Gasteiger charge is -2.15. The Hall–Kier alpha value is -8.41. The smallest absolute Gasteiger partial charge is 0.360 e. The van der Waals surface area contributed by atoms with Gasteiger partial charge in [0.1, 0.15) is 41.0 Å². The Morgan fingerprint density at radius 1 is 0.558 bits per heavy atom. The minimum absolute atomic E-state index is 0.248. The van der Waals surface area contributed by atoms with Gasteiger partial charge in [-0.05, 0) is 126 Å². The average molecular weight is 1130 g/mol. The van der Waals surface area contributed by atoms with Gasteiger partial charge in [0.25, 0.3) is 0 Å². The van der Waals surface area contributed by atoms with Crippen LogP contribution in [-0.2, 0) is 59.5 Å². The molecule has 10 aromatic rings. The van der Waals surface area contributed by atoms with Crippen molar-refractivity contribution in [2.75, 3.05) is 6.61 Å². The second-order valence-corrected chi connectivity index (χ2v) is 23.9. The molecule has 0 amide bonds. The number of nitrogens with zero attached hydrogens (tertiary/aromatic N) is 9. The number of fused-ring (bicyclic) bond motifs is 3. The van der Waals surface area contributed by atoms with E-state index in [0.29, 0.717) is 6.73 Å². The van der Waals surface area contributed by atoms with Gasteiger partial charge in [-0.2, -0.15) is 39.0 Å². The molecule has 400 valence electrons. The Kier molecular flexibility index (Phi) is 24.5. The molecule has 0 aliphatic carbocycles. The number of rotatable bonds is 12. The summed E-state index contributed by atoms with van der Waals surface area (Å²) in [5.74, 6) is -0.505. The lowest BCUT2D eigenvalue weighted by Crippen LogP contribution is -2.22. The van der Waals surface area contributed by atoms with Gasteiger partial charge in [0.15, 0.2) is 0 Å². The van der Waals surface area contributed by atoms with Gasteiger partial charge < -0.3 is 17.9 Å². The maximum absolute atomic E-state index is 13.5. The van der Waals surface area contributed by atoms with Crippen molar-refractivity contribution >= 4 is 59.4 Å². The van der Waals surface area contributed by atoms with Crippen molar-refractivity contribution in [1.82, 2.24) is 48.1 Å². The van der Waals surface area contributed by atoms with Gasteiger partial charge in [-0.3, -0.25) is 5.10 Å². The zero-order chi connectivity index (χ0) is 56.5. The maximum atomic E-state index is 13.5. The average Bonchev–Trinajstić information content (AvgIpc) is 4.31. The van der Waals surface area contributed by atoms with Crippen LogP contribution in [-0.4, -0.2) is 81.3 Å². The van der Waals surface area contributed by atoms with Crippen molar-refractivity contribution in [2.24, 2.45) is 0 Å². The van der Waals surface area contributed by atoms with Crippen molar-refractivity contribution in [3.05, 3.63) is 168 Å². The van der Waals surface area contributed by atoms with Crippen LogP contribution in [0.4, 0.5) is 8.78 Å². The third-order valence-electron chi connectivity index (χ3n) is 11.3. The molecular formula is C56H59BrF2N10O7Si. The molecule has 0 radical (unpaired) electrons. The van der Waals surface area contributed by atoms with Crippen LogP contribution < -0.4 is 0 Å². The molecular weight excluding hydrogens is 1070 g/mol. The number of aromatic amines is 1. The van der Waals surface area contributed by atoms with Gasteiger partial charge in [0.05, 0.1) is 11.9 Å². The summed E-state index contributed by atoms with van der Waals surface area (Å²) in [4.78, 5) is 61.9. The van der Waals surface area contributed by atoms with Crippen LogP contribution in [0.3, 0.4) is 0 Å². The van der Waals surface area contributed by atoms with E-state index in [1.807, 2.05) is 79.8 Å². The number of halogens is 3. The summed E-state index contributed by atoms with van der Waals surface area (Å²) in [7, 11) is -1.14. The van der Waals surface area contributed by atoms with E-state index >= 15 is 0 Å². The molecule has 2 aromatic carbocycles. The van der Waals surface area contributed by atoms with E-state index in [9.17, 15) is 8.78 Å². The first kappa shape index (κ1) is 61.1. The number of carbonyl (C=O) groups excluding carboxylic acids is 6. The van der Waals surface area contributed by atoms with Crippen molar-refractivity contribution in [2.45, 2.75) is 86.3 Å². The SMILES string of the molecule is CC.CCc1cnc2ccc(-c3cn(COCC[Si](C)(C)C)nc3-c3ccc(F)cc3)cn12.CCc1cnc2ccc(-c3cn[nH]c3-c3ccc(F)cc3)cn12.CCc1cnc2ccc(Br)cn12.O=C=O.O=C=O.O=C=O. The van der Waals surface area contributed by atoms with Crippen molar-refractivity contribution in [3.8, 4) is 44.8 Å². The Morgan fingerprint density at radius 3 is 1.43 bits per heavy atom. The fourth-order valence-corrected chi connectivity index (χ4v) is 8.66. The number of benzene rings is 2. The number of pyridine rings is 3. The van der Waals surface area contributed by atoms with Crippen LogP contribution in [0.25, 0.3) is 61.7 Å². The molecule has 0 fully saturated rings. The Morgan fingerprint density at radius 2 is 0.974 bits per heavy atom. The lowest BCUT2D eigenvalue weighted by molar-refractivity contribution is -0.193. The minimum Gasteiger partial charge on any atom is -0.360 e. The Bertz CT molecular complexity index is 3500. The fraction of sp³-hybridized carbons (Fsp3) is 0.250. The third kappa shape index (κ3) is 17.3. The molecule has 0 spiro atoms.